The first-order valence-electron chi connectivity index (χ1n) is 7.66. The fourth-order valence-corrected chi connectivity index (χ4v) is 2.41. The van der Waals surface area contributed by atoms with E-state index < -0.39 is 0 Å². The Kier molecular flexibility index (Phi) is 3.17. The molecular weight excluding hydrogens is 336 g/mol. The maximum absolute atomic E-state index is 5.57. The number of hydrogen-bond acceptors (Lipinski definition) is 8. The summed E-state index contributed by atoms with van der Waals surface area (Å²) < 4.78 is 0. The lowest BCUT2D eigenvalue weighted by molar-refractivity contribution is 0.164. The van der Waals surface area contributed by atoms with E-state index in [0.717, 1.165) is 22.1 Å². The fraction of sp³-hybridized carbons (Fsp3) is 0. The average Bonchev–Trinajstić information content (AvgIpc) is 3.28. The lowest BCUT2D eigenvalue weighted by Crippen LogP contribution is -2.10. The van der Waals surface area contributed by atoms with E-state index in [-0.39, 0.29) is 11.8 Å². The van der Waals surface area contributed by atoms with Crippen molar-refractivity contribution in [2.45, 2.75) is 0 Å². The molecule has 0 aliphatic rings. The van der Waals surface area contributed by atoms with E-state index in [0.29, 0.717) is 0 Å². The molecule has 26 heavy (non-hydrogen) atoms. The summed E-state index contributed by atoms with van der Waals surface area (Å²) in [5.74, 6) is 0.493. The summed E-state index contributed by atoms with van der Waals surface area (Å²) in [6, 6.07) is 14.9. The van der Waals surface area contributed by atoms with Crippen molar-refractivity contribution in [2.75, 3.05) is 0 Å². The summed E-state index contributed by atoms with van der Waals surface area (Å²) in [4.78, 5) is 22.0. The number of nitrogens with zero attached hydrogens (tertiary/aromatic N) is 8. The highest BCUT2D eigenvalue weighted by Crippen LogP contribution is 2.15. The highest BCUT2D eigenvalue weighted by atomic mass is 16.7. The smallest absolute Gasteiger partial charge is 0.267 e. The number of aromatic nitrogens is 8. The predicted molar refractivity (Wildman–Crippen MR) is 89.1 cm³/mol. The zero-order chi connectivity index (χ0) is 17.3. The van der Waals surface area contributed by atoms with Gasteiger partial charge < -0.3 is 9.68 Å². The van der Waals surface area contributed by atoms with E-state index in [4.69, 9.17) is 9.68 Å². The standard InChI is InChI=1S/C16H10N8O2/c1-3-7-13-11(5-1)19-21-23(13)25-15-9-18-16(10-17-15)26-24-14-8-4-2-6-12(14)20-22-24/h1-10H. The van der Waals surface area contributed by atoms with Crippen molar-refractivity contribution in [3.8, 4) is 11.8 Å². The largest absolute Gasteiger partial charge is 0.334 e. The molecular formula is C16H10N8O2. The topological polar surface area (TPSA) is 106 Å². The van der Waals surface area contributed by atoms with Crippen molar-refractivity contribution in [3.63, 3.8) is 0 Å². The molecule has 126 valence electrons. The predicted octanol–water partition coefficient (Wildman–Crippen LogP) is 1.65. The van der Waals surface area contributed by atoms with Gasteiger partial charge in [-0.3, -0.25) is 0 Å². The van der Waals surface area contributed by atoms with Gasteiger partial charge >= 0.3 is 0 Å². The van der Waals surface area contributed by atoms with Crippen LogP contribution in [-0.4, -0.2) is 40.3 Å². The monoisotopic (exact) mass is 346 g/mol. The Labute approximate surface area is 145 Å². The maximum atomic E-state index is 5.57. The Morgan fingerprint density at radius 2 is 1.08 bits per heavy atom. The number of fused-ring (bicyclic) bond motifs is 2. The minimum absolute atomic E-state index is 0.247. The molecule has 5 rings (SSSR count). The zero-order valence-electron chi connectivity index (χ0n) is 13.2. The van der Waals surface area contributed by atoms with Crippen LogP contribution < -0.4 is 9.68 Å². The quantitative estimate of drug-likeness (QED) is 0.484. The van der Waals surface area contributed by atoms with Crippen LogP contribution >= 0.6 is 0 Å². The molecule has 10 heteroatoms. The molecule has 0 aliphatic carbocycles. The first kappa shape index (κ1) is 14.3. The molecule has 0 unspecified atom stereocenters. The number of hydrogen-bond donors (Lipinski definition) is 0. The number of benzene rings is 2. The molecule has 0 saturated carbocycles. The molecule has 0 spiro atoms. The van der Waals surface area contributed by atoms with Gasteiger partial charge in [0.05, 0.1) is 12.4 Å². The highest BCUT2D eigenvalue weighted by molar-refractivity contribution is 5.74. The summed E-state index contributed by atoms with van der Waals surface area (Å²) >= 11 is 0. The van der Waals surface area contributed by atoms with Gasteiger partial charge in [-0.2, -0.15) is 0 Å². The third kappa shape index (κ3) is 2.45. The van der Waals surface area contributed by atoms with Crippen LogP contribution in [0.15, 0.2) is 60.9 Å². The molecule has 3 heterocycles. The lowest BCUT2D eigenvalue weighted by atomic mass is 10.3. The lowest BCUT2D eigenvalue weighted by Gasteiger charge is -2.05. The van der Waals surface area contributed by atoms with Crippen LogP contribution in [0.4, 0.5) is 0 Å². The van der Waals surface area contributed by atoms with Crippen molar-refractivity contribution < 1.29 is 9.68 Å². The van der Waals surface area contributed by atoms with E-state index in [1.807, 2.05) is 48.5 Å². The third-order valence-corrected chi connectivity index (χ3v) is 3.61. The highest BCUT2D eigenvalue weighted by Gasteiger charge is 2.09. The van der Waals surface area contributed by atoms with Crippen molar-refractivity contribution >= 4 is 22.1 Å². The van der Waals surface area contributed by atoms with Crippen LogP contribution in [0.2, 0.25) is 0 Å². The molecule has 0 amide bonds. The molecule has 3 aromatic heterocycles. The molecule has 0 aliphatic heterocycles. The van der Waals surface area contributed by atoms with Gasteiger partial charge in [-0.05, 0) is 34.7 Å². The van der Waals surface area contributed by atoms with Crippen LogP contribution in [0, 0.1) is 0 Å². The van der Waals surface area contributed by atoms with Crippen LogP contribution in [0.25, 0.3) is 22.1 Å². The van der Waals surface area contributed by atoms with E-state index in [1.165, 1.54) is 22.1 Å². The molecule has 0 saturated heterocycles. The normalized spacial score (nSPS) is 11.1. The van der Waals surface area contributed by atoms with Crippen molar-refractivity contribution in [3.05, 3.63) is 60.9 Å². The first-order valence-corrected chi connectivity index (χ1v) is 7.66. The minimum atomic E-state index is 0.247. The summed E-state index contributed by atoms with van der Waals surface area (Å²) in [5.41, 5.74) is 2.89. The van der Waals surface area contributed by atoms with Crippen LogP contribution in [-0.2, 0) is 0 Å². The Morgan fingerprint density at radius 3 is 1.54 bits per heavy atom. The van der Waals surface area contributed by atoms with Gasteiger partial charge in [-0.25, -0.2) is 9.97 Å². The van der Waals surface area contributed by atoms with Gasteiger partial charge in [0.1, 0.15) is 22.1 Å². The van der Waals surface area contributed by atoms with Crippen molar-refractivity contribution in [2.24, 2.45) is 0 Å². The number of para-hydroxylation sites is 2. The van der Waals surface area contributed by atoms with Gasteiger partial charge in [0, 0.05) is 0 Å². The second-order valence-electron chi connectivity index (χ2n) is 5.28. The maximum Gasteiger partial charge on any atom is 0.267 e. The van der Waals surface area contributed by atoms with Crippen molar-refractivity contribution in [1.82, 2.24) is 40.3 Å². The third-order valence-electron chi connectivity index (χ3n) is 3.61. The minimum Gasteiger partial charge on any atom is -0.334 e. The molecule has 0 radical (unpaired) electrons. The number of rotatable bonds is 4. The summed E-state index contributed by atoms with van der Waals surface area (Å²) in [6.45, 7) is 0. The van der Waals surface area contributed by atoms with E-state index in [1.54, 1.807) is 0 Å². The molecule has 0 bridgehead atoms. The molecule has 0 fully saturated rings. The average molecular weight is 346 g/mol. The Balaban J connectivity index is 1.37. The van der Waals surface area contributed by atoms with Crippen LogP contribution in [0.3, 0.4) is 0 Å². The van der Waals surface area contributed by atoms with Gasteiger partial charge in [0.15, 0.2) is 0 Å². The SMILES string of the molecule is c1ccc2c(c1)nnn2Oc1cnc(On2nnc3ccccc32)cn1. The van der Waals surface area contributed by atoms with E-state index in [9.17, 15) is 0 Å². The Bertz CT molecular complexity index is 1100. The van der Waals surface area contributed by atoms with Crippen LogP contribution in [0.1, 0.15) is 0 Å². The fourth-order valence-electron chi connectivity index (χ4n) is 2.41. The molecule has 2 aromatic carbocycles. The van der Waals surface area contributed by atoms with Gasteiger partial charge in [-0.1, -0.05) is 34.0 Å². The Hall–Kier alpha value is -4.08. The van der Waals surface area contributed by atoms with E-state index >= 15 is 0 Å². The Morgan fingerprint density at radius 1 is 0.615 bits per heavy atom. The summed E-state index contributed by atoms with van der Waals surface area (Å²) in [7, 11) is 0. The van der Waals surface area contributed by atoms with Gasteiger partial charge in [0.25, 0.3) is 11.8 Å². The van der Waals surface area contributed by atoms with Crippen LogP contribution in [0.5, 0.6) is 11.8 Å². The second-order valence-corrected chi connectivity index (χ2v) is 5.28. The van der Waals surface area contributed by atoms with Gasteiger partial charge in [0.2, 0.25) is 0 Å². The van der Waals surface area contributed by atoms with Crippen molar-refractivity contribution in [1.29, 1.82) is 0 Å². The molecule has 0 atom stereocenters. The molecule has 10 nitrogen and oxygen atoms in total. The summed E-state index contributed by atoms with van der Waals surface area (Å²) in [5, 5.41) is 15.9. The van der Waals surface area contributed by atoms with Gasteiger partial charge in [-0.15, -0.1) is 10.2 Å². The summed E-state index contributed by atoms with van der Waals surface area (Å²) in [6.07, 6.45) is 2.84. The molecule has 0 N–H and O–H groups in total. The first-order chi connectivity index (χ1) is 12.9. The molecule has 5 aromatic rings. The zero-order valence-corrected chi connectivity index (χ0v) is 13.2. The van der Waals surface area contributed by atoms with E-state index in [2.05, 4.69) is 30.6 Å². The second kappa shape index (κ2) is 5.77.